The third-order valence-corrected chi connectivity index (χ3v) is 7.00. The number of benzene rings is 2. The molecule has 0 aliphatic carbocycles. The van der Waals surface area contributed by atoms with E-state index in [1.54, 1.807) is 26.0 Å². The molecule has 2 aromatic carbocycles. The zero-order valence-corrected chi connectivity index (χ0v) is 23.0. The van der Waals surface area contributed by atoms with Gasteiger partial charge in [0.15, 0.2) is 11.5 Å². The molecule has 0 saturated heterocycles. The summed E-state index contributed by atoms with van der Waals surface area (Å²) in [5.74, 6) is 0.530. The van der Waals surface area contributed by atoms with Gasteiger partial charge in [0.25, 0.3) is 5.91 Å². The van der Waals surface area contributed by atoms with Crippen LogP contribution in [0.2, 0.25) is 0 Å². The summed E-state index contributed by atoms with van der Waals surface area (Å²) in [6.45, 7) is 8.30. The zero-order chi connectivity index (χ0) is 27.6. The molecule has 0 fully saturated rings. The molecule has 0 radical (unpaired) electrons. The SMILES string of the molecule is COC(=O)C1=C(C)N(CCc2ccc(OC)c(OC)c2)C(=O)/C1=C\c1cc(C)n(-c2cccc(C)c2)c1C. The van der Waals surface area contributed by atoms with Gasteiger partial charge in [-0.1, -0.05) is 18.2 Å². The van der Waals surface area contributed by atoms with Crippen LogP contribution in [0.15, 0.2) is 65.4 Å². The predicted molar refractivity (Wildman–Crippen MR) is 148 cm³/mol. The van der Waals surface area contributed by atoms with Gasteiger partial charge < -0.3 is 23.7 Å². The molecular weight excluding hydrogens is 480 g/mol. The molecule has 3 aromatic rings. The summed E-state index contributed by atoms with van der Waals surface area (Å²) in [5.41, 5.74) is 7.33. The van der Waals surface area contributed by atoms with Crippen LogP contribution in [0.3, 0.4) is 0 Å². The van der Waals surface area contributed by atoms with Crippen molar-refractivity contribution in [3.8, 4) is 17.2 Å². The Morgan fingerprint density at radius 2 is 1.66 bits per heavy atom. The molecule has 0 unspecified atom stereocenters. The number of allylic oxidation sites excluding steroid dienone is 1. The van der Waals surface area contributed by atoms with Gasteiger partial charge in [-0.3, -0.25) is 4.79 Å². The van der Waals surface area contributed by atoms with Gasteiger partial charge in [0.1, 0.15) is 0 Å². The second-order valence-corrected chi connectivity index (χ2v) is 9.41. The van der Waals surface area contributed by atoms with E-state index in [9.17, 15) is 9.59 Å². The number of ether oxygens (including phenoxy) is 3. The van der Waals surface area contributed by atoms with Crippen LogP contribution in [0.5, 0.6) is 11.5 Å². The van der Waals surface area contributed by atoms with Crippen LogP contribution in [-0.2, 0) is 20.7 Å². The minimum absolute atomic E-state index is 0.219. The average Bonchev–Trinajstić information content (AvgIpc) is 3.32. The Morgan fingerprint density at radius 3 is 2.32 bits per heavy atom. The molecular formula is C31H34N2O5. The van der Waals surface area contributed by atoms with Crippen LogP contribution in [0, 0.1) is 20.8 Å². The van der Waals surface area contributed by atoms with Crippen molar-refractivity contribution in [2.75, 3.05) is 27.9 Å². The van der Waals surface area contributed by atoms with E-state index in [0.29, 0.717) is 41.3 Å². The number of hydrogen-bond donors (Lipinski definition) is 0. The lowest BCUT2D eigenvalue weighted by Gasteiger charge is -2.18. The van der Waals surface area contributed by atoms with E-state index in [1.807, 2.05) is 50.3 Å². The molecule has 7 nitrogen and oxygen atoms in total. The molecule has 2 heterocycles. The van der Waals surface area contributed by atoms with E-state index in [2.05, 4.69) is 29.7 Å². The summed E-state index contributed by atoms with van der Waals surface area (Å²) >= 11 is 0. The minimum Gasteiger partial charge on any atom is -0.493 e. The van der Waals surface area contributed by atoms with Gasteiger partial charge in [-0.05, 0) is 87.2 Å². The molecule has 4 rings (SSSR count). The maximum absolute atomic E-state index is 13.7. The summed E-state index contributed by atoms with van der Waals surface area (Å²) in [5, 5.41) is 0. The Hall–Kier alpha value is -4.26. The standard InChI is InChI=1S/C31H34N2O5/c1-19-9-8-10-25(15-19)33-20(2)16-24(21(33)3)18-26-29(31(35)38-7)22(4)32(30(26)34)14-13-23-11-12-27(36-5)28(17-23)37-6/h8-12,15-18H,13-14H2,1-7H3/b26-18-. The Labute approximate surface area is 223 Å². The number of aromatic nitrogens is 1. The van der Waals surface area contributed by atoms with Crippen molar-refractivity contribution in [1.82, 2.24) is 9.47 Å². The van der Waals surface area contributed by atoms with Crippen LogP contribution >= 0.6 is 0 Å². The van der Waals surface area contributed by atoms with E-state index in [-0.39, 0.29) is 5.91 Å². The van der Waals surface area contributed by atoms with Crippen LogP contribution in [-0.4, -0.2) is 49.2 Å². The van der Waals surface area contributed by atoms with Crippen LogP contribution in [0.1, 0.15) is 35.0 Å². The Balaban J connectivity index is 1.68. The van der Waals surface area contributed by atoms with Gasteiger partial charge in [-0.15, -0.1) is 0 Å². The highest BCUT2D eigenvalue weighted by atomic mass is 16.5. The second kappa shape index (κ2) is 11.0. The topological polar surface area (TPSA) is 70.0 Å². The molecule has 38 heavy (non-hydrogen) atoms. The molecule has 1 aromatic heterocycles. The number of amides is 1. The number of methoxy groups -OCH3 is 3. The highest BCUT2D eigenvalue weighted by molar-refractivity contribution is 6.16. The number of hydrogen-bond acceptors (Lipinski definition) is 5. The molecule has 0 bridgehead atoms. The first-order valence-electron chi connectivity index (χ1n) is 12.5. The highest BCUT2D eigenvalue weighted by Gasteiger charge is 2.37. The first kappa shape index (κ1) is 26.8. The van der Waals surface area contributed by atoms with Crippen LogP contribution in [0.4, 0.5) is 0 Å². The molecule has 0 spiro atoms. The van der Waals surface area contributed by atoms with Crippen molar-refractivity contribution in [3.05, 3.63) is 93.5 Å². The zero-order valence-electron chi connectivity index (χ0n) is 23.0. The summed E-state index contributed by atoms with van der Waals surface area (Å²) in [4.78, 5) is 28.1. The lowest BCUT2D eigenvalue weighted by Crippen LogP contribution is -2.27. The normalized spacial score (nSPS) is 14.4. The molecule has 1 aliphatic rings. The Kier molecular flexibility index (Phi) is 7.76. The smallest absolute Gasteiger partial charge is 0.340 e. The largest absolute Gasteiger partial charge is 0.493 e. The average molecular weight is 515 g/mol. The second-order valence-electron chi connectivity index (χ2n) is 9.41. The van der Waals surface area contributed by atoms with Gasteiger partial charge >= 0.3 is 5.97 Å². The molecule has 0 saturated carbocycles. The fourth-order valence-corrected chi connectivity index (χ4v) is 5.03. The number of aryl methyl sites for hydroxylation is 2. The van der Waals surface area contributed by atoms with Gasteiger partial charge in [0, 0.05) is 29.3 Å². The minimum atomic E-state index is -0.525. The van der Waals surface area contributed by atoms with Crippen molar-refractivity contribution in [2.45, 2.75) is 34.1 Å². The van der Waals surface area contributed by atoms with Crippen LogP contribution in [0.25, 0.3) is 11.8 Å². The van der Waals surface area contributed by atoms with E-state index in [4.69, 9.17) is 14.2 Å². The first-order valence-corrected chi connectivity index (χ1v) is 12.5. The third kappa shape index (κ3) is 4.96. The fraction of sp³-hybridized carbons (Fsp3) is 0.290. The molecule has 198 valence electrons. The summed E-state index contributed by atoms with van der Waals surface area (Å²) in [6, 6.07) is 16.0. The first-order chi connectivity index (χ1) is 18.2. The molecule has 0 atom stereocenters. The Morgan fingerprint density at radius 1 is 0.921 bits per heavy atom. The summed E-state index contributed by atoms with van der Waals surface area (Å²) < 4.78 is 18.0. The molecule has 1 aliphatic heterocycles. The number of rotatable bonds is 8. The van der Waals surface area contributed by atoms with Crippen LogP contribution < -0.4 is 9.47 Å². The third-order valence-electron chi connectivity index (χ3n) is 7.00. The molecule has 7 heteroatoms. The number of nitrogens with zero attached hydrogens (tertiary/aromatic N) is 2. The van der Waals surface area contributed by atoms with Crippen molar-refractivity contribution in [2.24, 2.45) is 0 Å². The number of esters is 1. The van der Waals surface area contributed by atoms with Gasteiger partial charge in [-0.25, -0.2) is 4.79 Å². The maximum Gasteiger partial charge on any atom is 0.340 e. The quantitative estimate of drug-likeness (QED) is 0.300. The summed E-state index contributed by atoms with van der Waals surface area (Å²) in [6.07, 6.45) is 2.39. The fourth-order valence-electron chi connectivity index (χ4n) is 5.03. The van der Waals surface area contributed by atoms with E-state index >= 15 is 0 Å². The van der Waals surface area contributed by atoms with Crippen molar-refractivity contribution in [1.29, 1.82) is 0 Å². The van der Waals surface area contributed by atoms with Gasteiger partial charge in [-0.2, -0.15) is 0 Å². The molecule has 1 amide bonds. The molecule has 0 N–H and O–H groups in total. The van der Waals surface area contributed by atoms with Crippen molar-refractivity contribution in [3.63, 3.8) is 0 Å². The highest BCUT2D eigenvalue weighted by Crippen LogP contribution is 2.34. The predicted octanol–water partition coefficient (Wildman–Crippen LogP) is 5.34. The van der Waals surface area contributed by atoms with Gasteiger partial charge in [0.2, 0.25) is 0 Å². The lowest BCUT2D eigenvalue weighted by atomic mass is 10.0. The van der Waals surface area contributed by atoms with Crippen molar-refractivity contribution >= 4 is 18.0 Å². The Bertz CT molecular complexity index is 1460. The van der Waals surface area contributed by atoms with Crippen molar-refractivity contribution < 1.29 is 23.8 Å². The van der Waals surface area contributed by atoms with Gasteiger partial charge in [0.05, 0.1) is 32.5 Å². The van der Waals surface area contributed by atoms with E-state index in [0.717, 1.165) is 33.8 Å². The number of carbonyl (C=O) groups excluding carboxylic acids is 2. The van der Waals surface area contributed by atoms with E-state index < -0.39 is 5.97 Å². The maximum atomic E-state index is 13.7. The number of carbonyl (C=O) groups is 2. The lowest BCUT2D eigenvalue weighted by molar-refractivity contribution is -0.136. The monoisotopic (exact) mass is 514 g/mol. The summed E-state index contributed by atoms with van der Waals surface area (Å²) in [7, 11) is 4.52. The van der Waals surface area contributed by atoms with E-state index in [1.165, 1.54) is 7.11 Å².